The van der Waals surface area contributed by atoms with E-state index in [1.807, 2.05) is 0 Å². The summed E-state index contributed by atoms with van der Waals surface area (Å²) in [6.07, 6.45) is -1.73. The molecule has 2 rings (SSSR count). The number of carbonyl (C=O) groups excluding carboxylic acids is 1. The summed E-state index contributed by atoms with van der Waals surface area (Å²) in [6, 6.07) is 4.44. The number of nitrogens with one attached hydrogen (secondary N) is 2. The number of rotatable bonds is 5. The number of hydrogen-bond acceptors (Lipinski definition) is 3. The first-order valence-corrected chi connectivity index (χ1v) is 7.89. The Balaban J connectivity index is 2.06. The van der Waals surface area contributed by atoms with Crippen LogP contribution in [-0.4, -0.2) is 26.4 Å². The van der Waals surface area contributed by atoms with Crippen molar-refractivity contribution in [3.63, 3.8) is 0 Å². The van der Waals surface area contributed by atoms with E-state index in [0.717, 1.165) is 24.3 Å². The molecule has 1 saturated heterocycles. The predicted octanol–water partition coefficient (Wildman–Crippen LogP) is 1.57. The monoisotopic (exact) mass is 318 g/mol. The number of benzene rings is 1. The summed E-state index contributed by atoms with van der Waals surface area (Å²) in [6.45, 7) is 1.80. The van der Waals surface area contributed by atoms with Crippen LogP contribution in [0, 0.1) is 0 Å². The van der Waals surface area contributed by atoms with Gasteiger partial charge in [0, 0.05) is 18.5 Å². The minimum Gasteiger partial charge on any atom is -0.350 e. The molecule has 5 nitrogen and oxygen atoms in total. The smallest absolute Gasteiger partial charge is 0.263 e. The molecule has 0 unspecified atom stereocenters. The largest absolute Gasteiger partial charge is 0.350 e. The van der Waals surface area contributed by atoms with Gasteiger partial charge in [0.2, 0.25) is 15.9 Å². The van der Waals surface area contributed by atoms with E-state index in [4.69, 9.17) is 0 Å². The molecule has 0 saturated carbocycles. The van der Waals surface area contributed by atoms with Crippen LogP contribution in [0.3, 0.4) is 0 Å². The van der Waals surface area contributed by atoms with Gasteiger partial charge in [-0.15, -0.1) is 0 Å². The fourth-order valence-electron chi connectivity index (χ4n) is 2.11. The van der Waals surface area contributed by atoms with Gasteiger partial charge in [0.25, 0.3) is 6.43 Å². The molecule has 8 heteroatoms. The maximum Gasteiger partial charge on any atom is 0.263 e. The van der Waals surface area contributed by atoms with Gasteiger partial charge < -0.3 is 5.32 Å². The average molecular weight is 318 g/mol. The minimum absolute atomic E-state index is 0.0532. The Morgan fingerprint density at radius 1 is 1.33 bits per heavy atom. The van der Waals surface area contributed by atoms with E-state index in [1.165, 1.54) is 0 Å². The van der Waals surface area contributed by atoms with Crippen molar-refractivity contribution in [2.24, 2.45) is 0 Å². The zero-order valence-corrected chi connectivity index (χ0v) is 12.2. The van der Waals surface area contributed by atoms with Gasteiger partial charge in [-0.25, -0.2) is 21.9 Å². The lowest BCUT2D eigenvalue weighted by atomic mass is 10.0. The molecule has 21 heavy (non-hydrogen) atoms. The van der Waals surface area contributed by atoms with E-state index < -0.39 is 22.0 Å². The lowest BCUT2D eigenvalue weighted by Gasteiger charge is -2.24. The molecule has 1 heterocycles. The third-order valence-corrected chi connectivity index (χ3v) is 4.86. The topological polar surface area (TPSA) is 75.3 Å². The number of hydrogen-bond donors (Lipinski definition) is 2. The summed E-state index contributed by atoms with van der Waals surface area (Å²) >= 11 is 0. The van der Waals surface area contributed by atoms with Gasteiger partial charge in [-0.2, -0.15) is 0 Å². The van der Waals surface area contributed by atoms with E-state index in [1.54, 1.807) is 6.92 Å². The van der Waals surface area contributed by atoms with E-state index >= 15 is 0 Å². The van der Waals surface area contributed by atoms with E-state index in [9.17, 15) is 22.0 Å². The van der Waals surface area contributed by atoms with Gasteiger partial charge >= 0.3 is 0 Å². The van der Waals surface area contributed by atoms with Crippen LogP contribution in [0.1, 0.15) is 31.8 Å². The molecule has 0 radical (unpaired) electrons. The highest BCUT2D eigenvalue weighted by Gasteiger charge is 2.34. The van der Waals surface area contributed by atoms with Crippen LogP contribution >= 0.6 is 0 Å². The summed E-state index contributed by atoms with van der Waals surface area (Å²) in [5.41, 5.74) is -0.850. The van der Waals surface area contributed by atoms with Crippen LogP contribution in [0.15, 0.2) is 29.2 Å². The molecule has 0 aromatic heterocycles. The minimum atomic E-state index is -3.79. The Kier molecular flexibility index (Phi) is 4.29. The van der Waals surface area contributed by atoms with Crippen LogP contribution in [0.5, 0.6) is 0 Å². The van der Waals surface area contributed by atoms with Crippen molar-refractivity contribution in [2.75, 3.05) is 6.54 Å². The molecule has 116 valence electrons. The van der Waals surface area contributed by atoms with E-state index in [0.29, 0.717) is 12.8 Å². The highest BCUT2D eigenvalue weighted by molar-refractivity contribution is 7.89. The molecule has 1 aliphatic rings. The van der Waals surface area contributed by atoms with Gasteiger partial charge in [-0.05, 0) is 25.5 Å². The highest BCUT2D eigenvalue weighted by atomic mass is 32.2. The third kappa shape index (κ3) is 3.76. The maximum atomic E-state index is 12.4. The quantitative estimate of drug-likeness (QED) is 0.865. The summed E-state index contributed by atoms with van der Waals surface area (Å²) in [5, 5.41) is 2.71. The van der Waals surface area contributed by atoms with Gasteiger partial charge in [0.15, 0.2) is 0 Å². The first kappa shape index (κ1) is 15.8. The second-order valence-corrected chi connectivity index (χ2v) is 7.07. The second-order valence-electron chi connectivity index (χ2n) is 5.30. The van der Waals surface area contributed by atoms with Crippen molar-refractivity contribution in [1.29, 1.82) is 0 Å². The summed E-state index contributed by atoms with van der Waals surface area (Å²) in [5.74, 6) is -0.113. The highest BCUT2D eigenvalue weighted by Crippen LogP contribution is 2.22. The molecular formula is C13H16F2N2O3S. The molecule has 1 amide bonds. The van der Waals surface area contributed by atoms with Crippen molar-refractivity contribution in [3.8, 4) is 0 Å². The Bertz CT molecular complexity index is 631. The molecule has 0 aliphatic carbocycles. The Morgan fingerprint density at radius 2 is 1.95 bits per heavy atom. The number of carbonyl (C=O) groups is 1. The zero-order chi connectivity index (χ0) is 15.7. The van der Waals surface area contributed by atoms with Crippen molar-refractivity contribution < 1.29 is 22.0 Å². The number of amides is 1. The van der Waals surface area contributed by atoms with Crippen molar-refractivity contribution in [3.05, 3.63) is 29.8 Å². The summed E-state index contributed by atoms with van der Waals surface area (Å²) in [7, 11) is -3.79. The Morgan fingerprint density at radius 3 is 2.43 bits per heavy atom. The van der Waals surface area contributed by atoms with E-state index in [-0.39, 0.29) is 22.9 Å². The van der Waals surface area contributed by atoms with Gasteiger partial charge in [0.05, 0.1) is 10.4 Å². The van der Waals surface area contributed by atoms with E-state index in [2.05, 4.69) is 10.0 Å². The second kappa shape index (κ2) is 5.69. The Labute approximate surface area is 121 Å². The van der Waals surface area contributed by atoms with Crippen LogP contribution in [-0.2, 0) is 14.8 Å². The number of alkyl halides is 2. The Hall–Kier alpha value is -1.54. The first-order valence-electron chi connectivity index (χ1n) is 6.41. The van der Waals surface area contributed by atoms with Crippen LogP contribution in [0.4, 0.5) is 8.78 Å². The first-order chi connectivity index (χ1) is 9.72. The molecule has 1 atom stereocenters. The van der Waals surface area contributed by atoms with Crippen molar-refractivity contribution >= 4 is 15.9 Å². The normalized spacial score (nSPS) is 22.6. The lowest BCUT2D eigenvalue weighted by Crippen LogP contribution is -2.48. The molecule has 1 fully saturated rings. The van der Waals surface area contributed by atoms with Gasteiger partial charge in [0.1, 0.15) is 0 Å². The lowest BCUT2D eigenvalue weighted by molar-refractivity contribution is -0.119. The maximum absolute atomic E-state index is 12.4. The van der Waals surface area contributed by atoms with Crippen molar-refractivity contribution in [2.45, 2.75) is 36.6 Å². The summed E-state index contributed by atoms with van der Waals surface area (Å²) in [4.78, 5) is 11.1. The average Bonchev–Trinajstić information content (AvgIpc) is 2.77. The molecular weight excluding hydrogens is 302 g/mol. The van der Waals surface area contributed by atoms with Crippen molar-refractivity contribution in [1.82, 2.24) is 10.0 Å². The van der Waals surface area contributed by atoms with Gasteiger partial charge in [-0.1, -0.05) is 12.1 Å². The molecule has 1 aliphatic heterocycles. The molecule has 1 aromatic carbocycles. The van der Waals surface area contributed by atoms with Crippen LogP contribution in [0.25, 0.3) is 0 Å². The predicted molar refractivity (Wildman–Crippen MR) is 72.4 cm³/mol. The standard InChI is InChI=1S/C13H16F2N2O3S/c1-13(7-6-11(18)17-13)8-16-21(19,20)10-4-2-9(3-5-10)12(14)15/h2-5,12,16H,6-8H2,1H3,(H,17,18)/t13-/m1/s1. The summed E-state index contributed by atoms with van der Waals surface area (Å²) < 4.78 is 51.4. The fraction of sp³-hybridized carbons (Fsp3) is 0.462. The van der Waals surface area contributed by atoms with Crippen LogP contribution in [0.2, 0.25) is 0 Å². The van der Waals surface area contributed by atoms with Gasteiger partial charge in [-0.3, -0.25) is 4.79 Å². The number of halogens is 2. The molecule has 1 aromatic rings. The molecule has 0 spiro atoms. The SMILES string of the molecule is C[C@]1(CNS(=O)(=O)c2ccc(C(F)F)cc2)CCC(=O)N1. The third-order valence-electron chi connectivity index (χ3n) is 3.44. The number of sulfonamides is 1. The molecule has 0 bridgehead atoms. The zero-order valence-electron chi connectivity index (χ0n) is 11.4. The fourth-order valence-corrected chi connectivity index (χ4v) is 3.28. The van der Waals surface area contributed by atoms with Crippen LogP contribution < -0.4 is 10.0 Å². The molecule has 2 N–H and O–H groups in total.